The molecule has 18 heavy (non-hydrogen) atoms. The lowest BCUT2D eigenvalue weighted by Gasteiger charge is -2.08. The quantitative estimate of drug-likeness (QED) is 0.855. The van der Waals surface area contributed by atoms with Gasteiger partial charge in [-0.05, 0) is 30.7 Å². The van der Waals surface area contributed by atoms with Crippen molar-refractivity contribution in [2.45, 2.75) is 6.92 Å². The maximum absolute atomic E-state index is 12.8. The minimum Gasteiger partial charge on any atom is -0.507 e. The second-order valence-corrected chi connectivity index (χ2v) is 3.81. The number of anilines is 1. The number of aromatic nitrogens is 1. The summed E-state index contributed by atoms with van der Waals surface area (Å²) in [7, 11) is 0. The lowest BCUT2D eigenvalue weighted by atomic mass is 10.1. The molecule has 2 aromatic rings. The van der Waals surface area contributed by atoms with Crippen molar-refractivity contribution in [3.05, 3.63) is 53.6 Å². The van der Waals surface area contributed by atoms with Gasteiger partial charge in [0.2, 0.25) is 0 Å². The molecule has 0 spiro atoms. The van der Waals surface area contributed by atoms with Crippen molar-refractivity contribution >= 4 is 11.6 Å². The van der Waals surface area contributed by atoms with E-state index in [0.717, 1.165) is 17.7 Å². The molecule has 92 valence electrons. The Morgan fingerprint density at radius 1 is 1.39 bits per heavy atom. The largest absolute Gasteiger partial charge is 0.507 e. The van der Waals surface area contributed by atoms with Gasteiger partial charge in [-0.3, -0.25) is 9.78 Å². The summed E-state index contributed by atoms with van der Waals surface area (Å²) in [5.41, 5.74) is 1.41. The Balaban J connectivity index is 2.25. The maximum Gasteiger partial charge on any atom is 0.259 e. The van der Waals surface area contributed by atoms with Gasteiger partial charge in [0.15, 0.2) is 0 Å². The normalized spacial score (nSPS) is 10.1. The number of aromatic hydroxyl groups is 1. The zero-order valence-electron chi connectivity index (χ0n) is 9.64. The van der Waals surface area contributed by atoms with Gasteiger partial charge >= 0.3 is 0 Å². The highest BCUT2D eigenvalue weighted by atomic mass is 19.1. The molecule has 1 aromatic carbocycles. The van der Waals surface area contributed by atoms with Crippen molar-refractivity contribution in [2.75, 3.05) is 5.32 Å². The van der Waals surface area contributed by atoms with E-state index in [1.165, 1.54) is 12.3 Å². The lowest BCUT2D eigenvalue weighted by Crippen LogP contribution is -2.13. The number of carbonyl (C=O) groups is 1. The molecule has 1 amide bonds. The van der Waals surface area contributed by atoms with Crippen LogP contribution in [0, 0.1) is 12.7 Å². The number of amides is 1. The molecule has 0 aliphatic heterocycles. The number of pyridine rings is 1. The molecule has 0 bridgehead atoms. The van der Waals surface area contributed by atoms with E-state index in [1.807, 2.05) is 6.92 Å². The summed E-state index contributed by atoms with van der Waals surface area (Å²) in [6.07, 6.45) is 3.12. The van der Waals surface area contributed by atoms with E-state index in [2.05, 4.69) is 10.3 Å². The molecule has 1 heterocycles. The average Bonchev–Trinajstić information content (AvgIpc) is 2.32. The number of carbonyl (C=O) groups excluding carboxylic acids is 1. The van der Waals surface area contributed by atoms with Crippen LogP contribution in [0.15, 0.2) is 36.7 Å². The number of aryl methyl sites for hydroxylation is 1. The van der Waals surface area contributed by atoms with E-state index in [9.17, 15) is 14.3 Å². The molecule has 0 fully saturated rings. The molecule has 0 unspecified atom stereocenters. The molecule has 0 atom stereocenters. The molecule has 2 rings (SSSR count). The maximum atomic E-state index is 12.8. The molecule has 0 radical (unpaired) electrons. The Kier molecular flexibility index (Phi) is 3.23. The van der Waals surface area contributed by atoms with Gasteiger partial charge in [-0.15, -0.1) is 0 Å². The number of halogens is 1. The highest BCUT2D eigenvalue weighted by molar-refractivity contribution is 6.06. The first-order chi connectivity index (χ1) is 8.58. The number of phenolic OH excluding ortho intramolecular Hbond substituents is 1. The second-order valence-electron chi connectivity index (χ2n) is 3.81. The van der Waals surface area contributed by atoms with Crippen molar-refractivity contribution in [3.8, 4) is 5.75 Å². The number of hydrogen-bond acceptors (Lipinski definition) is 3. The van der Waals surface area contributed by atoms with E-state index >= 15 is 0 Å². The lowest BCUT2D eigenvalue weighted by molar-refractivity contribution is 0.102. The Morgan fingerprint density at radius 3 is 2.83 bits per heavy atom. The summed E-state index contributed by atoms with van der Waals surface area (Å²) in [5, 5.41) is 12.1. The van der Waals surface area contributed by atoms with Crippen molar-refractivity contribution in [1.82, 2.24) is 4.98 Å². The minimum absolute atomic E-state index is 0.0136. The number of rotatable bonds is 2. The average molecular weight is 246 g/mol. The van der Waals surface area contributed by atoms with Gasteiger partial charge in [0.25, 0.3) is 5.91 Å². The third-order valence-electron chi connectivity index (χ3n) is 2.49. The molecule has 0 saturated heterocycles. The number of phenols is 1. The Labute approximate surface area is 103 Å². The molecular formula is C13H11FN2O2. The predicted molar refractivity (Wildman–Crippen MR) is 65.0 cm³/mol. The summed E-state index contributed by atoms with van der Waals surface area (Å²) in [4.78, 5) is 15.8. The summed E-state index contributed by atoms with van der Waals surface area (Å²) in [6, 6.07) is 4.99. The van der Waals surface area contributed by atoms with Gasteiger partial charge in [0.1, 0.15) is 11.6 Å². The topological polar surface area (TPSA) is 62.2 Å². The minimum atomic E-state index is -0.596. The van der Waals surface area contributed by atoms with Gasteiger partial charge in [-0.1, -0.05) is 0 Å². The van der Waals surface area contributed by atoms with Crippen molar-refractivity contribution in [2.24, 2.45) is 0 Å². The van der Waals surface area contributed by atoms with Gasteiger partial charge in [0.05, 0.1) is 17.4 Å². The Morgan fingerprint density at radius 2 is 2.17 bits per heavy atom. The molecule has 0 aliphatic carbocycles. The summed E-state index contributed by atoms with van der Waals surface area (Å²) in [6.45, 7) is 1.82. The summed E-state index contributed by atoms with van der Waals surface area (Å²) < 4.78 is 12.8. The molecule has 5 heteroatoms. The van der Waals surface area contributed by atoms with Crippen molar-refractivity contribution in [1.29, 1.82) is 0 Å². The summed E-state index contributed by atoms with van der Waals surface area (Å²) >= 11 is 0. The van der Waals surface area contributed by atoms with Crippen LogP contribution in [0.2, 0.25) is 0 Å². The van der Waals surface area contributed by atoms with Crippen LogP contribution in [-0.2, 0) is 0 Å². The first kappa shape index (κ1) is 12.0. The standard InChI is InChI=1S/C13H11FN2O2/c1-8-4-5-15-7-11(8)16-13(18)10-3-2-9(14)6-12(10)17/h2-7,17H,1H3,(H,16,18). The van der Waals surface area contributed by atoms with Crippen molar-refractivity contribution in [3.63, 3.8) is 0 Å². The number of hydrogen-bond donors (Lipinski definition) is 2. The number of benzene rings is 1. The second kappa shape index (κ2) is 4.83. The Hall–Kier alpha value is -2.43. The molecular weight excluding hydrogens is 235 g/mol. The third-order valence-corrected chi connectivity index (χ3v) is 2.49. The zero-order valence-corrected chi connectivity index (χ0v) is 9.64. The van der Waals surface area contributed by atoms with E-state index in [0.29, 0.717) is 5.69 Å². The Bertz CT molecular complexity index is 599. The molecule has 0 aliphatic rings. The van der Waals surface area contributed by atoms with Crippen LogP contribution in [0.1, 0.15) is 15.9 Å². The number of nitrogens with one attached hydrogen (secondary N) is 1. The predicted octanol–water partition coefficient (Wildman–Crippen LogP) is 2.49. The first-order valence-electron chi connectivity index (χ1n) is 5.28. The fourth-order valence-electron chi connectivity index (χ4n) is 1.48. The van der Waals surface area contributed by atoms with Crippen LogP contribution in [-0.4, -0.2) is 16.0 Å². The van der Waals surface area contributed by atoms with Gasteiger partial charge in [-0.25, -0.2) is 4.39 Å². The van der Waals surface area contributed by atoms with Crippen LogP contribution in [0.3, 0.4) is 0 Å². The molecule has 2 N–H and O–H groups in total. The van der Waals surface area contributed by atoms with Gasteiger partial charge in [0, 0.05) is 12.3 Å². The van der Waals surface area contributed by atoms with E-state index in [4.69, 9.17) is 0 Å². The van der Waals surface area contributed by atoms with E-state index < -0.39 is 17.5 Å². The highest BCUT2D eigenvalue weighted by Gasteiger charge is 2.12. The van der Waals surface area contributed by atoms with Gasteiger partial charge < -0.3 is 10.4 Å². The van der Waals surface area contributed by atoms with Crippen LogP contribution >= 0.6 is 0 Å². The fourth-order valence-corrected chi connectivity index (χ4v) is 1.48. The smallest absolute Gasteiger partial charge is 0.259 e. The van der Waals surface area contributed by atoms with Crippen LogP contribution in [0.5, 0.6) is 5.75 Å². The zero-order chi connectivity index (χ0) is 13.1. The van der Waals surface area contributed by atoms with Gasteiger partial charge in [-0.2, -0.15) is 0 Å². The third kappa shape index (κ3) is 2.45. The van der Waals surface area contributed by atoms with Crippen LogP contribution in [0.4, 0.5) is 10.1 Å². The molecule has 1 aromatic heterocycles. The monoisotopic (exact) mass is 246 g/mol. The fraction of sp³-hybridized carbons (Fsp3) is 0.0769. The SMILES string of the molecule is Cc1ccncc1NC(=O)c1ccc(F)cc1O. The first-order valence-corrected chi connectivity index (χ1v) is 5.28. The van der Waals surface area contributed by atoms with Crippen LogP contribution in [0.25, 0.3) is 0 Å². The number of nitrogens with zero attached hydrogens (tertiary/aromatic N) is 1. The molecule has 0 saturated carbocycles. The van der Waals surface area contributed by atoms with E-state index in [1.54, 1.807) is 12.3 Å². The van der Waals surface area contributed by atoms with E-state index in [-0.39, 0.29) is 5.56 Å². The highest BCUT2D eigenvalue weighted by Crippen LogP contribution is 2.20. The summed E-state index contributed by atoms with van der Waals surface area (Å²) in [5.74, 6) is -1.50. The van der Waals surface area contributed by atoms with Crippen LogP contribution < -0.4 is 5.32 Å². The van der Waals surface area contributed by atoms with Crippen molar-refractivity contribution < 1.29 is 14.3 Å². The molecule has 4 nitrogen and oxygen atoms in total.